The number of nitrogens with one attached hydrogen (secondary N) is 1. The van der Waals surface area contributed by atoms with Crippen LogP contribution in [0.3, 0.4) is 0 Å². The molecule has 1 aliphatic heterocycles. The van der Waals surface area contributed by atoms with Crippen molar-refractivity contribution >= 4 is 23.3 Å². The number of nitrogens with zero attached hydrogens (tertiary/aromatic N) is 4. The summed E-state index contributed by atoms with van der Waals surface area (Å²) in [6, 6.07) is 8.54. The van der Waals surface area contributed by atoms with Crippen LogP contribution in [0.4, 0.5) is 17.3 Å². The number of carbonyl (C=O) groups is 1. The molecule has 0 radical (unpaired) electrons. The molecule has 1 fully saturated rings. The van der Waals surface area contributed by atoms with Gasteiger partial charge in [-0.3, -0.25) is 0 Å². The molecule has 0 amide bonds. The maximum Gasteiger partial charge on any atom is 0.335 e. The van der Waals surface area contributed by atoms with Gasteiger partial charge in [-0.25, -0.2) is 14.8 Å². The summed E-state index contributed by atoms with van der Waals surface area (Å²) < 4.78 is 0. The number of rotatable bonds is 4. The fraction of sp³-hybridized carbons (Fsp3) is 0.353. The predicted molar refractivity (Wildman–Crippen MR) is 93.2 cm³/mol. The van der Waals surface area contributed by atoms with Crippen LogP contribution in [0.15, 0.2) is 30.3 Å². The second kappa shape index (κ2) is 6.84. The molecule has 7 heteroatoms. The molecule has 2 N–H and O–H groups in total. The van der Waals surface area contributed by atoms with Crippen molar-refractivity contribution in [2.24, 2.45) is 0 Å². The van der Waals surface area contributed by atoms with Gasteiger partial charge in [0.25, 0.3) is 0 Å². The number of hydrogen-bond acceptors (Lipinski definition) is 6. The average molecular weight is 327 g/mol. The van der Waals surface area contributed by atoms with Gasteiger partial charge < -0.3 is 20.2 Å². The van der Waals surface area contributed by atoms with Crippen LogP contribution in [0, 0.1) is 6.92 Å². The van der Waals surface area contributed by atoms with Crippen molar-refractivity contribution in [2.45, 2.75) is 6.92 Å². The molecule has 2 aromatic rings. The van der Waals surface area contributed by atoms with Gasteiger partial charge in [0.15, 0.2) is 0 Å². The Morgan fingerprint density at radius 3 is 2.42 bits per heavy atom. The van der Waals surface area contributed by atoms with Gasteiger partial charge in [0, 0.05) is 37.9 Å². The Morgan fingerprint density at radius 1 is 1.12 bits per heavy atom. The van der Waals surface area contributed by atoms with E-state index in [1.807, 2.05) is 13.0 Å². The zero-order valence-electron chi connectivity index (χ0n) is 13.9. The van der Waals surface area contributed by atoms with Crippen molar-refractivity contribution in [3.8, 4) is 0 Å². The highest BCUT2D eigenvalue weighted by Gasteiger charge is 2.16. The minimum Gasteiger partial charge on any atom is -0.478 e. The van der Waals surface area contributed by atoms with Gasteiger partial charge in [-0.15, -0.1) is 0 Å². The van der Waals surface area contributed by atoms with E-state index in [1.54, 1.807) is 24.3 Å². The molecule has 1 aromatic heterocycles. The Balaban J connectivity index is 1.77. The molecule has 1 aromatic carbocycles. The highest BCUT2D eigenvalue weighted by atomic mass is 16.4. The quantitative estimate of drug-likeness (QED) is 0.888. The van der Waals surface area contributed by atoms with E-state index in [1.165, 1.54) is 0 Å². The maximum absolute atomic E-state index is 10.9. The molecule has 2 heterocycles. The van der Waals surface area contributed by atoms with Crippen LogP contribution in [0.1, 0.15) is 16.2 Å². The predicted octanol–water partition coefficient (Wildman–Crippen LogP) is 1.98. The summed E-state index contributed by atoms with van der Waals surface area (Å²) >= 11 is 0. The lowest BCUT2D eigenvalue weighted by Gasteiger charge is -2.33. The fourth-order valence-corrected chi connectivity index (χ4v) is 2.66. The monoisotopic (exact) mass is 327 g/mol. The Kier molecular flexibility index (Phi) is 4.61. The molecule has 0 unspecified atom stereocenters. The summed E-state index contributed by atoms with van der Waals surface area (Å²) in [6.45, 7) is 5.79. The lowest BCUT2D eigenvalue weighted by Crippen LogP contribution is -2.44. The van der Waals surface area contributed by atoms with E-state index in [2.05, 4.69) is 32.1 Å². The number of piperazine rings is 1. The molecule has 1 aliphatic rings. The third-order valence-electron chi connectivity index (χ3n) is 4.06. The molecular formula is C17H21N5O2. The summed E-state index contributed by atoms with van der Waals surface area (Å²) in [4.78, 5) is 24.4. The van der Waals surface area contributed by atoms with Crippen molar-refractivity contribution in [2.75, 3.05) is 43.4 Å². The largest absolute Gasteiger partial charge is 0.478 e. The second-order valence-electron chi connectivity index (χ2n) is 5.96. The molecule has 7 nitrogen and oxygen atoms in total. The van der Waals surface area contributed by atoms with E-state index >= 15 is 0 Å². The fourth-order valence-electron chi connectivity index (χ4n) is 2.66. The number of hydrogen-bond donors (Lipinski definition) is 2. The summed E-state index contributed by atoms with van der Waals surface area (Å²) in [5.41, 5.74) is 1.06. The summed E-state index contributed by atoms with van der Waals surface area (Å²) in [6.07, 6.45) is 0. The molecule has 1 saturated heterocycles. The van der Waals surface area contributed by atoms with Crippen LogP contribution in [-0.2, 0) is 0 Å². The van der Waals surface area contributed by atoms with E-state index < -0.39 is 5.97 Å². The average Bonchev–Trinajstić information content (AvgIpc) is 2.55. The van der Waals surface area contributed by atoms with Crippen LogP contribution in [0.5, 0.6) is 0 Å². The number of likely N-dealkylation sites (N-methyl/N-ethyl adjacent to an activating group) is 1. The standard InChI is InChI=1S/C17H21N5O2/c1-12-18-15(20-14-5-3-13(4-6-14)17(23)24)11-16(19-12)22-9-7-21(2)8-10-22/h3-6,11H,7-10H2,1-2H3,(H,23,24)(H,18,19,20). The van der Waals surface area contributed by atoms with Gasteiger partial charge >= 0.3 is 5.97 Å². The number of carboxylic acids is 1. The van der Waals surface area contributed by atoms with E-state index in [0.29, 0.717) is 11.6 Å². The van der Waals surface area contributed by atoms with Gasteiger partial charge in [0.1, 0.15) is 17.5 Å². The highest BCUT2D eigenvalue weighted by molar-refractivity contribution is 5.88. The number of benzene rings is 1. The maximum atomic E-state index is 10.9. The Morgan fingerprint density at radius 2 is 1.79 bits per heavy atom. The Bertz CT molecular complexity index is 724. The first kappa shape index (κ1) is 16.2. The van der Waals surface area contributed by atoms with Crippen LogP contribution < -0.4 is 10.2 Å². The smallest absolute Gasteiger partial charge is 0.335 e. The number of anilines is 3. The van der Waals surface area contributed by atoms with Crippen LogP contribution in [-0.4, -0.2) is 59.2 Å². The number of aromatic carboxylic acids is 1. The number of aromatic nitrogens is 2. The second-order valence-corrected chi connectivity index (χ2v) is 5.96. The number of carboxylic acid groups (broad SMARTS) is 1. The van der Waals surface area contributed by atoms with Gasteiger partial charge in [-0.1, -0.05) is 0 Å². The van der Waals surface area contributed by atoms with Crippen molar-refractivity contribution < 1.29 is 9.90 Å². The highest BCUT2D eigenvalue weighted by Crippen LogP contribution is 2.21. The molecule has 0 atom stereocenters. The van der Waals surface area contributed by atoms with Crippen molar-refractivity contribution in [3.05, 3.63) is 41.7 Å². The summed E-state index contributed by atoms with van der Waals surface area (Å²) in [7, 11) is 2.12. The Labute approximate surface area is 141 Å². The SMILES string of the molecule is Cc1nc(Nc2ccc(C(=O)O)cc2)cc(N2CCN(C)CC2)n1. The number of aryl methyl sites for hydroxylation is 1. The first-order chi connectivity index (χ1) is 11.5. The van der Waals surface area contributed by atoms with Crippen LogP contribution >= 0.6 is 0 Å². The molecule has 0 aliphatic carbocycles. The first-order valence-corrected chi connectivity index (χ1v) is 7.91. The zero-order valence-corrected chi connectivity index (χ0v) is 13.9. The first-order valence-electron chi connectivity index (χ1n) is 7.91. The van der Waals surface area contributed by atoms with E-state index in [4.69, 9.17) is 5.11 Å². The van der Waals surface area contributed by atoms with E-state index in [-0.39, 0.29) is 5.56 Å². The van der Waals surface area contributed by atoms with E-state index in [0.717, 1.165) is 37.7 Å². The van der Waals surface area contributed by atoms with Crippen LogP contribution in [0.25, 0.3) is 0 Å². The molecule has 126 valence electrons. The minimum atomic E-state index is -0.934. The lowest BCUT2D eigenvalue weighted by molar-refractivity contribution is 0.0697. The normalized spacial score (nSPS) is 15.3. The van der Waals surface area contributed by atoms with Crippen molar-refractivity contribution in [1.29, 1.82) is 0 Å². The topological polar surface area (TPSA) is 81.6 Å². The van der Waals surface area contributed by atoms with Gasteiger partial charge in [0.05, 0.1) is 5.56 Å². The molecular weight excluding hydrogens is 306 g/mol. The third-order valence-corrected chi connectivity index (χ3v) is 4.06. The molecule has 24 heavy (non-hydrogen) atoms. The molecule has 0 spiro atoms. The summed E-state index contributed by atoms with van der Waals surface area (Å²) in [5.74, 6) is 1.40. The van der Waals surface area contributed by atoms with Gasteiger partial charge in [-0.2, -0.15) is 0 Å². The van der Waals surface area contributed by atoms with Gasteiger partial charge in [-0.05, 0) is 38.2 Å². The molecule has 3 rings (SSSR count). The van der Waals surface area contributed by atoms with Gasteiger partial charge in [0.2, 0.25) is 0 Å². The Hall–Kier alpha value is -2.67. The van der Waals surface area contributed by atoms with Crippen molar-refractivity contribution in [3.63, 3.8) is 0 Å². The van der Waals surface area contributed by atoms with E-state index in [9.17, 15) is 4.79 Å². The summed E-state index contributed by atoms with van der Waals surface area (Å²) in [5, 5.41) is 12.2. The lowest BCUT2D eigenvalue weighted by atomic mass is 10.2. The molecule has 0 saturated carbocycles. The van der Waals surface area contributed by atoms with Crippen LogP contribution in [0.2, 0.25) is 0 Å². The minimum absolute atomic E-state index is 0.262. The van der Waals surface area contributed by atoms with Crippen molar-refractivity contribution in [1.82, 2.24) is 14.9 Å². The zero-order chi connectivity index (χ0) is 17.1. The third kappa shape index (κ3) is 3.80. The molecule has 0 bridgehead atoms.